The molecule has 25 heavy (non-hydrogen) atoms. The molecule has 3 rings (SSSR count). The second kappa shape index (κ2) is 8.65. The monoisotopic (exact) mass is 339 g/mol. The van der Waals surface area contributed by atoms with E-state index in [1.165, 1.54) is 11.1 Å². The molecular weight excluding hydrogens is 314 g/mol. The first-order chi connectivity index (χ1) is 12.2. The smallest absolute Gasteiger partial charge is 0.238 e. The largest absolute Gasteiger partial charge is 0.378 e. The van der Waals surface area contributed by atoms with Gasteiger partial charge in [0.2, 0.25) is 5.91 Å². The summed E-state index contributed by atoms with van der Waals surface area (Å²) in [5, 5.41) is 6.22. The van der Waals surface area contributed by atoms with E-state index in [-0.39, 0.29) is 12.5 Å². The number of aryl methyl sites for hydroxylation is 1. The van der Waals surface area contributed by atoms with E-state index in [0.717, 1.165) is 37.7 Å². The predicted molar refractivity (Wildman–Crippen MR) is 101 cm³/mol. The van der Waals surface area contributed by atoms with Crippen LogP contribution in [0.1, 0.15) is 11.1 Å². The minimum atomic E-state index is -0.0339. The first-order valence-electron chi connectivity index (χ1n) is 8.70. The van der Waals surface area contributed by atoms with Gasteiger partial charge in [-0.2, -0.15) is 0 Å². The molecule has 1 fully saturated rings. The van der Waals surface area contributed by atoms with E-state index in [9.17, 15) is 4.79 Å². The standard InChI is InChI=1S/C20H25N3O2/c1-16-5-4-6-17(13-16)14-21-15-20(24)22-18-7-2-3-8-19(18)23-9-11-25-12-10-23/h2-8,13,21H,9-12,14-15H2,1H3,(H,22,24). The van der Waals surface area contributed by atoms with Crippen LogP contribution in [0, 0.1) is 6.92 Å². The minimum Gasteiger partial charge on any atom is -0.378 e. The lowest BCUT2D eigenvalue weighted by Crippen LogP contribution is -2.37. The SMILES string of the molecule is Cc1cccc(CNCC(=O)Nc2ccccc2N2CCOCC2)c1. The third-order valence-electron chi connectivity index (χ3n) is 4.23. The van der Waals surface area contributed by atoms with Crippen molar-refractivity contribution in [2.75, 3.05) is 43.1 Å². The molecule has 1 saturated heterocycles. The summed E-state index contributed by atoms with van der Waals surface area (Å²) < 4.78 is 5.41. The van der Waals surface area contributed by atoms with Gasteiger partial charge >= 0.3 is 0 Å². The number of para-hydroxylation sites is 2. The van der Waals surface area contributed by atoms with Gasteiger partial charge in [0.05, 0.1) is 31.1 Å². The predicted octanol–water partition coefficient (Wildman–Crippen LogP) is 2.56. The van der Waals surface area contributed by atoms with Crippen LogP contribution < -0.4 is 15.5 Å². The number of carbonyl (C=O) groups is 1. The number of anilines is 2. The molecule has 0 radical (unpaired) electrons. The van der Waals surface area contributed by atoms with Crippen LogP contribution in [0.4, 0.5) is 11.4 Å². The molecule has 0 saturated carbocycles. The number of hydrogen-bond donors (Lipinski definition) is 2. The summed E-state index contributed by atoms with van der Waals surface area (Å²) in [6.07, 6.45) is 0. The highest BCUT2D eigenvalue weighted by Crippen LogP contribution is 2.26. The second-order valence-corrected chi connectivity index (χ2v) is 6.26. The normalized spacial score (nSPS) is 14.4. The van der Waals surface area contributed by atoms with Crippen molar-refractivity contribution in [3.05, 3.63) is 59.7 Å². The van der Waals surface area contributed by atoms with Gasteiger partial charge in [-0.1, -0.05) is 42.0 Å². The van der Waals surface area contributed by atoms with Crippen molar-refractivity contribution in [1.29, 1.82) is 0 Å². The van der Waals surface area contributed by atoms with Crippen LogP contribution in [0.15, 0.2) is 48.5 Å². The maximum atomic E-state index is 12.3. The quantitative estimate of drug-likeness (QED) is 0.849. The van der Waals surface area contributed by atoms with Crippen LogP contribution >= 0.6 is 0 Å². The topological polar surface area (TPSA) is 53.6 Å². The molecule has 0 aliphatic carbocycles. The summed E-state index contributed by atoms with van der Waals surface area (Å²) in [5.74, 6) is -0.0339. The highest BCUT2D eigenvalue weighted by Gasteiger charge is 2.15. The van der Waals surface area contributed by atoms with Gasteiger partial charge in [0.25, 0.3) is 0 Å². The highest BCUT2D eigenvalue weighted by atomic mass is 16.5. The zero-order valence-corrected chi connectivity index (χ0v) is 14.6. The van der Waals surface area contributed by atoms with Gasteiger partial charge in [-0.3, -0.25) is 4.79 Å². The van der Waals surface area contributed by atoms with E-state index < -0.39 is 0 Å². The van der Waals surface area contributed by atoms with E-state index >= 15 is 0 Å². The Morgan fingerprint density at radius 2 is 1.92 bits per heavy atom. The van der Waals surface area contributed by atoms with Gasteiger partial charge in [-0.25, -0.2) is 0 Å². The fraction of sp³-hybridized carbons (Fsp3) is 0.350. The van der Waals surface area contributed by atoms with Crippen molar-refractivity contribution in [2.45, 2.75) is 13.5 Å². The van der Waals surface area contributed by atoms with Gasteiger partial charge in [0, 0.05) is 19.6 Å². The number of morpholine rings is 1. The van der Waals surface area contributed by atoms with Gasteiger partial charge in [-0.15, -0.1) is 0 Å². The van der Waals surface area contributed by atoms with Gasteiger partial charge in [-0.05, 0) is 24.6 Å². The Morgan fingerprint density at radius 3 is 2.72 bits per heavy atom. The highest BCUT2D eigenvalue weighted by molar-refractivity contribution is 5.95. The maximum absolute atomic E-state index is 12.3. The van der Waals surface area contributed by atoms with Gasteiger partial charge in [0.1, 0.15) is 0 Å². The molecule has 1 aliphatic rings. The molecule has 0 atom stereocenters. The van der Waals surface area contributed by atoms with Crippen LogP contribution in [0.25, 0.3) is 0 Å². The number of rotatable bonds is 6. The number of ether oxygens (including phenoxy) is 1. The third kappa shape index (κ3) is 5.05. The molecule has 2 aromatic rings. The number of amides is 1. The van der Waals surface area contributed by atoms with Crippen LogP contribution in [0.3, 0.4) is 0 Å². The molecule has 5 nitrogen and oxygen atoms in total. The number of nitrogens with zero attached hydrogens (tertiary/aromatic N) is 1. The Balaban J connectivity index is 1.54. The van der Waals surface area contributed by atoms with Crippen molar-refractivity contribution in [1.82, 2.24) is 5.32 Å². The van der Waals surface area contributed by atoms with Gasteiger partial charge in [0.15, 0.2) is 0 Å². The summed E-state index contributed by atoms with van der Waals surface area (Å²) in [5.41, 5.74) is 4.31. The van der Waals surface area contributed by atoms with Crippen molar-refractivity contribution < 1.29 is 9.53 Å². The number of benzene rings is 2. The second-order valence-electron chi connectivity index (χ2n) is 6.26. The molecule has 2 N–H and O–H groups in total. The lowest BCUT2D eigenvalue weighted by atomic mass is 10.1. The number of nitrogens with one attached hydrogen (secondary N) is 2. The summed E-state index contributed by atoms with van der Waals surface area (Å²) >= 11 is 0. The first kappa shape index (κ1) is 17.5. The number of carbonyl (C=O) groups excluding carboxylic acids is 1. The van der Waals surface area contributed by atoms with E-state index in [1.807, 2.05) is 30.3 Å². The molecule has 0 unspecified atom stereocenters. The molecule has 1 heterocycles. The summed E-state index contributed by atoms with van der Waals surface area (Å²) in [4.78, 5) is 14.5. The minimum absolute atomic E-state index is 0.0339. The molecule has 0 spiro atoms. The fourth-order valence-corrected chi connectivity index (χ4v) is 3.00. The summed E-state index contributed by atoms with van der Waals surface area (Å²) in [6, 6.07) is 16.2. The first-order valence-corrected chi connectivity index (χ1v) is 8.70. The van der Waals surface area contributed by atoms with Gasteiger partial charge < -0.3 is 20.3 Å². The molecule has 0 aromatic heterocycles. The van der Waals surface area contributed by atoms with E-state index in [4.69, 9.17) is 4.74 Å². The summed E-state index contributed by atoms with van der Waals surface area (Å²) in [7, 11) is 0. The molecule has 1 amide bonds. The zero-order chi connectivity index (χ0) is 17.5. The Hall–Kier alpha value is -2.37. The Morgan fingerprint density at radius 1 is 1.12 bits per heavy atom. The Labute approximate surface area is 149 Å². The Kier molecular flexibility index (Phi) is 6.04. The van der Waals surface area contributed by atoms with Crippen molar-refractivity contribution in [3.63, 3.8) is 0 Å². The lowest BCUT2D eigenvalue weighted by molar-refractivity contribution is -0.115. The average Bonchev–Trinajstić information content (AvgIpc) is 2.63. The van der Waals surface area contributed by atoms with E-state index in [0.29, 0.717) is 6.54 Å². The average molecular weight is 339 g/mol. The van der Waals surface area contributed by atoms with Crippen molar-refractivity contribution in [3.8, 4) is 0 Å². The summed E-state index contributed by atoms with van der Waals surface area (Å²) in [6.45, 7) is 6.17. The van der Waals surface area contributed by atoms with Crippen LogP contribution in [-0.4, -0.2) is 38.8 Å². The van der Waals surface area contributed by atoms with Crippen LogP contribution in [0.5, 0.6) is 0 Å². The fourth-order valence-electron chi connectivity index (χ4n) is 3.00. The molecule has 1 aliphatic heterocycles. The third-order valence-corrected chi connectivity index (χ3v) is 4.23. The van der Waals surface area contributed by atoms with E-state index in [2.05, 4.69) is 40.7 Å². The van der Waals surface area contributed by atoms with Crippen LogP contribution in [-0.2, 0) is 16.1 Å². The zero-order valence-electron chi connectivity index (χ0n) is 14.6. The molecule has 132 valence electrons. The molecule has 0 bridgehead atoms. The van der Waals surface area contributed by atoms with Crippen molar-refractivity contribution >= 4 is 17.3 Å². The van der Waals surface area contributed by atoms with Crippen molar-refractivity contribution in [2.24, 2.45) is 0 Å². The van der Waals surface area contributed by atoms with E-state index in [1.54, 1.807) is 0 Å². The molecule has 2 aromatic carbocycles. The molecule has 5 heteroatoms. The lowest BCUT2D eigenvalue weighted by Gasteiger charge is -2.30. The Bertz CT molecular complexity index is 712. The van der Waals surface area contributed by atoms with Crippen LogP contribution in [0.2, 0.25) is 0 Å². The number of hydrogen-bond acceptors (Lipinski definition) is 4. The maximum Gasteiger partial charge on any atom is 0.238 e. The molecular formula is C20H25N3O2.